The molecule has 19 heavy (non-hydrogen) atoms. The lowest BCUT2D eigenvalue weighted by molar-refractivity contribution is 0.553. The molecule has 2 heterocycles. The summed E-state index contributed by atoms with van der Waals surface area (Å²) in [5, 5.41) is 6.51. The molecule has 8 heteroatoms. The molecule has 0 spiro atoms. The largest absolute Gasteiger partial charge is 0.408 e. The molecule has 1 N–H and O–H groups in total. The highest BCUT2D eigenvalue weighted by atomic mass is 32.1. The van der Waals surface area contributed by atoms with Crippen molar-refractivity contribution < 1.29 is 13.2 Å². The fraction of sp³-hybridized carbons (Fsp3) is 0. The summed E-state index contributed by atoms with van der Waals surface area (Å²) in [6.07, 6.45) is 1.43. The van der Waals surface area contributed by atoms with Gasteiger partial charge in [-0.2, -0.15) is 0 Å². The fourth-order valence-electron chi connectivity index (χ4n) is 1.53. The van der Waals surface area contributed by atoms with Crippen molar-refractivity contribution in [3.05, 3.63) is 40.9 Å². The predicted octanol–water partition coefficient (Wildman–Crippen LogP) is 3.80. The molecule has 0 bridgehead atoms. The minimum Gasteiger partial charge on any atom is -0.408 e. The molecule has 0 atom stereocenters. The first-order valence-corrected chi connectivity index (χ1v) is 6.34. The van der Waals surface area contributed by atoms with E-state index < -0.39 is 11.6 Å². The lowest BCUT2D eigenvalue weighted by Crippen LogP contribution is -1.87. The second-order valence-corrected chi connectivity index (χ2v) is 4.95. The van der Waals surface area contributed by atoms with Gasteiger partial charge in [-0.15, -0.1) is 16.4 Å². The zero-order valence-corrected chi connectivity index (χ0v) is 10.8. The van der Waals surface area contributed by atoms with Crippen LogP contribution < -0.4 is 0 Å². The molecule has 3 rings (SSSR count). The van der Waals surface area contributed by atoms with Crippen LogP contribution in [0.1, 0.15) is 0 Å². The van der Waals surface area contributed by atoms with Gasteiger partial charge in [0, 0.05) is 0 Å². The lowest BCUT2D eigenvalue weighted by Gasteiger charge is -1.99. The summed E-state index contributed by atoms with van der Waals surface area (Å²) < 4.78 is 32.3. The summed E-state index contributed by atoms with van der Waals surface area (Å²) in [6.45, 7) is 0. The number of halogens is 2. The zero-order valence-electron chi connectivity index (χ0n) is 9.18. The van der Waals surface area contributed by atoms with Crippen LogP contribution in [0.15, 0.2) is 28.8 Å². The van der Waals surface area contributed by atoms with Gasteiger partial charge in [-0.05, 0) is 24.4 Å². The van der Waals surface area contributed by atoms with Crippen molar-refractivity contribution >= 4 is 23.6 Å². The molecule has 0 saturated heterocycles. The maximum absolute atomic E-state index is 13.6. The number of benzene rings is 1. The molecule has 0 amide bonds. The van der Waals surface area contributed by atoms with Crippen LogP contribution in [-0.4, -0.2) is 15.2 Å². The summed E-state index contributed by atoms with van der Waals surface area (Å²) >= 11 is 5.82. The average Bonchev–Trinajstić information content (AvgIpc) is 2.98. The van der Waals surface area contributed by atoms with E-state index in [1.807, 2.05) is 0 Å². The van der Waals surface area contributed by atoms with Crippen LogP contribution in [0, 0.1) is 16.5 Å². The van der Waals surface area contributed by atoms with Crippen molar-refractivity contribution in [1.82, 2.24) is 15.2 Å². The van der Waals surface area contributed by atoms with E-state index in [2.05, 4.69) is 15.2 Å². The molecule has 0 aliphatic rings. The van der Waals surface area contributed by atoms with Crippen LogP contribution in [0.3, 0.4) is 0 Å². The van der Waals surface area contributed by atoms with Crippen molar-refractivity contribution in [2.24, 2.45) is 0 Å². The van der Waals surface area contributed by atoms with E-state index >= 15 is 0 Å². The highest BCUT2D eigenvalue weighted by Gasteiger charge is 2.16. The molecule has 0 saturated carbocycles. The Bertz CT molecular complexity index is 773. The summed E-state index contributed by atoms with van der Waals surface area (Å²) in [6, 6.07) is 3.66. The third kappa shape index (κ3) is 2.20. The molecule has 0 unspecified atom stereocenters. The van der Waals surface area contributed by atoms with E-state index in [1.165, 1.54) is 24.4 Å². The summed E-state index contributed by atoms with van der Waals surface area (Å²) in [5.74, 6) is -1.09. The van der Waals surface area contributed by atoms with Crippen LogP contribution in [-0.2, 0) is 0 Å². The van der Waals surface area contributed by atoms with Crippen molar-refractivity contribution in [2.75, 3.05) is 0 Å². The first-order valence-electron chi connectivity index (χ1n) is 5.11. The molecule has 3 aromatic rings. The Morgan fingerprint density at radius 2 is 2.00 bits per heavy atom. The van der Waals surface area contributed by atoms with E-state index in [0.717, 1.165) is 11.3 Å². The molecule has 1 aromatic carbocycles. The van der Waals surface area contributed by atoms with Gasteiger partial charge in [0.1, 0.15) is 21.5 Å². The second kappa shape index (κ2) is 4.63. The second-order valence-electron chi connectivity index (χ2n) is 3.54. The first-order chi connectivity index (χ1) is 9.15. The number of aromatic nitrogens is 3. The number of nitrogens with one attached hydrogen (secondary N) is 1. The highest BCUT2D eigenvalue weighted by Crippen LogP contribution is 2.33. The topological polar surface area (TPSA) is 54.7 Å². The molecule has 0 fully saturated rings. The standard InChI is InChI=1S/C11H5F2N3OS2/c12-5-2-1-3-6(13)8(5)10-14-4-7(19-10)9-15-16-11(18)17-9/h1-4H,(H,16,18). The van der Waals surface area contributed by atoms with E-state index in [0.29, 0.717) is 4.88 Å². The summed E-state index contributed by atoms with van der Waals surface area (Å²) in [5.41, 5.74) is -0.159. The Morgan fingerprint density at radius 1 is 1.26 bits per heavy atom. The Balaban J connectivity index is 2.09. The molecular formula is C11H5F2N3OS2. The van der Waals surface area contributed by atoms with Gasteiger partial charge in [0.05, 0.1) is 11.8 Å². The van der Waals surface area contributed by atoms with Crippen molar-refractivity contribution in [3.63, 3.8) is 0 Å². The Hall–Kier alpha value is -1.93. The number of H-pyrrole nitrogens is 1. The molecular weight excluding hydrogens is 292 g/mol. The van der Waals surface area contributed by atoms with Crippen molar-refractivity contribution in [3.8, 4) is 21.3 Å². The fourth-order valence-corrected chi connectivity index (χ4v) is 2.54. The van der Waals surface area contributed by atoms with Gasteiger partial charge in [0.25, 0.3) is 10.7 Å². The van der Waals surface area contributed by atoms with Crippen molar-refractivity contribution in [2.45, 2.75) is 0 Å². The van der Waals surface area contributed by atoms with Crippen LogP contribution in [0.2, 0.25) is 0 Å². The number of hydrogen-bond donors (Lipinski definition) is 1. The number of hydrogen-bond acceptors (Lipinski definition) is 5. The van der Waals surface area contributed by atoms with Gasteiger partial charge in [0.15, 0.2) is 0 Å². The lowest BCUT2D eigenvalue weighted by atomic mass is 10.2. The molecule has 2 aromatic heterocycles. The zero-order chi connectivity index (χ0) is 13.4. The van der Waals surface area contributed by atoms with E-state index in [-0.39, 0.29) is 21.3 Å². The smallest absolute Gasteiger partial charge is 0.284 e. The maximum atomic E-state index is 13.6. The molecule has 0 aliphatic heterocycles. The quantitative estimate of drug-likeness (QED) is 0.731. The number of nitrogens with zero attached hydrogens (tertiary/aromatic N) is 2. The number of rotatable bonds is 2. The average molecular weight is 297 g/mol. The van der Waals surface area contributed by atoms with Crippen LogP contribution in [0.4, 0.5) is 8.78 Å². The van der Waals surface area contributed by atoms with Gasteiger partial charge >= 0.3 is 0 Å². The van der Waals surface area contributed by atoms with Gasteiger partial charge < -0.3 is 4.42 Å². The number of thiazole rings is 1. The van der Waals surface area contributed by atoms with Gasteiger partial charge in [-0.25, -0.2) is 18.9 Å². The molecule has 4 nitrogen and oxygen atoms in total. The maximum Gasteiger partial charge on any atom is 0.284 e. The minimum absolute atomic E-state index is 0.127. The molecule has 0 radical (unpaired) electrons. The van der Waals surface area contributed by atoms with Gasteiger partial charge in [-0.1, -0.05) is 6.07 Å². The van der Waals surface area contributed by atoms with Crippen LogP contribution >= 0.6 is 23.6 Å². The molecule has 0 aliphatic carbocycles. The minimum atomic E-state index is -0.663. The SMILES string of the molecule is Fc1cccc(F)c1-c1ncc(-c2n[nH]c(=S)o2)s1. The summed E-state index contributed by atoms with van der Waals surface area (Å²) in [7, 11) is 0. The predicted molar refractivity (Wildman–Crippen MR) is 68.1 cm³/mol. The van der Waals surface area contributed by atoms with Crippen molar-refractivity contribution in [1.29, 1.82) is 0 Å². The third-order valence-electron chi connectivity index (χ3n) is 2.33. The highest BCUT2D eigenvalue weighted by molar-refractivity contribution is 7.71. The van der Waals surface area contributed by atoms with E-state index in [1.54, 1.807) is 0 Å². The normalized spacial score (nSPS) is 10.8. The van der Waals surface area contributed by atoms with Gasteiger partial charge in [-0.3, -0.25) is 0 Å². The Morgan fingerprint density at radius 3 is 2.63 bits per heavy atom. The van der Waals surface area contributed by atoms with E-state index in [4.69, 9.17) is 16.6 Å². The first kappa shape index (κ1) is 12.1. The third-order valence-corrected chi connectivity index (χ3v) is 3.51. The Kier molecular flexibility index (Phi) is 2.96. The number of aromatic amines is 1. The monoisotopic (exact) mass is 297 g/mol. The summed E-state index contributed by atoms with van der Waals surface area (Å²) in [4.78, 5) is 4.64. The van der Waals surface area contributed by atoms with E-state index in [9.17, 15) is 8.78 Å². The molecule has 96 valence electrons. The Labute approximate surface area is 114 Å². The van der Waals surface area contributed by atoms with Crippen LogP contribution in [0.5, 0.6) is 0 Å². The van der Waals surface area contributed by atoms with Gasteiger partial charge in [0.2, 0.25) is 0 Å². The van der Waals surface area contributed by atoms with Crippen LogP contribution in [0.25, 0.3) is 21.3 Å².